The number of rotatable bonds is 4. The number of aromatic nitrogens is 2. The lowest BCUT2D eigenvalue weighted by Crippen LogP contribution is -2.04. The van der Waals surface area contributed by atoms with Crippen molar-refractivity contribution in [3.05, 3.63) is 97.9 Å². The molecule has 4 rings (SSSR count). The third-order valence-corrected chi connectivity index (χ3v) is 5.85. The number of nitrogens with zero attached hydrogens (tertiary/aromatic N) is 2. The molecule has 0 saturated carbocycles. The van der Waals surface area contributed by atoms with Gasteiger partial charge in [0.1, 0.15) is 5.69 Å². The van der Waals surface area contributed by atoms with Gasteiger partial charge in [0.2, 0.25) is 0 Å². The minimum Gasteiger partial charge on any atom is -0.258 e. The van der Waals surface area contributed by atoms with E-state index in [0.29, 0.717) is 11.6 Å². The highest BCUT2D eigenvalue weighted by atomic mass is 79.9. The Hall–Kier alpha value is -1.88. The van der Waals surface area contributed by atoms with Gasteiger partial charge in [-0.15, -0.1) is 0 Å². The Labute approximate surface area is 186 Å². The van der Waals surface area contributed by atoms with Crippen LogP contribution in [0.4, 0.5) is 0 Å². The third kappa shape index (κ3) is 4.09. The Morgan fingerprint density at radius 2 is 1.50 bits per heavy atom. The summed E-state index contributed by atoms with van der Waals surface area (Å²) in [5.74, 6) is 0. The van der Waals surface area contributed by atoms with Crippen LogP contribution in [0.25, 0.3) is 22.5 Å². The molecule has 28 heavy (non-hydrogen) atoms. The smallest absolute Gasteiger partial charge is 0.112 e. The maximum atomic E-state index is 6.89. The fourth-order valence-electron chi connectivity index (χ4n) is 3.27. The summed E-state index contributed by atoms with van der Waals surface area (Å²) in [6.45, 7) is 2.75. The molecule has 5 heteroatoms. The molecule has 0 spiro atoms. The van der Waals surface area contributed by atoms with Gasteiger partial charge in [0.15, 0.2) is 0 Å². The zero-order chi connectivity index (χ0) is 19.7. The molecule has 1 heterocycles. The summed E-state index contributed by atoms with van der Waals surface area (Å²) in [5.41, 5.74) is 6.13. The Balaban J connectivity index is 1.89. The first kappa shape index (κ1) is 19.4. The lowest BCUT2D eigenvalue weighted by atomic mass is 10.1. The number of aryl methyl sites for hydroxylation is 1. The van der Waals surface area contributed by atoms with E-state index >= 15 is 0 Å². The second kappa shape index (κ2) is 8.24. The van der Waals surface area contributed by atoms with Crippen molar-refractivity contribution in [2.75, 3.05) is 0 Å². The molecule has 3 aromatic carbocycles. The fourth-order valence-corrected chi connectivity index (χ4v) is 4.42. The highest BCUT2D eigenvalue weighted by Gasteiger charge is 2.20. The summed E-state index contributed by atoms with van der Waals surface area (Å²) >= 11 is 14.0. The minimum atomic E-state index is 0.650. The van der Waals surface area contributed by atoms with Crippen LogP contribution in [0.3, 0.4) is 0 Å². The predicted octanol–water partition coefficient (Wildman–Crippen LogP) is 7.75. The summed E-state index contributed by atoms with van der Waals surface area (Å²) in [6.07, 6.45) is 0. The lowest BCUT2D eigenvalue weighted by Gasteiger charge is -2.09. The van der Waals surface area contributed by atoms with Crippen molar-refractivity contribution in [1.82, 2.24) is 9.78 Å². The van der Waals surface area contributed by atoms with Crippen LogP contribution in [0, 0.1) is 6.92 Å². The first-order valence-corrected chi connectivity index (χ1v) is 10.8. The SMILES string of the molecule is Cc1cccc(Cn2nc(-c3cccc(Br)c3)c(Cl)c2-c2cccc(Br)c2)c1. The van der Waals surface area contributed by atoms with Crippen LogP contribution in [-0.4, -0.2) is 9.78 Å². The van der Waals surface area contributed by atoms with Gasteiger partial charge in [-0.2, -0.15) is 5.10 Å². The van der Waals surface area contributed by atoms with Crippen LogP contribution in [0.5, 0.6) is 0 Å². The maximum Gasteiger partial charge on any atom is 0.112 e. The quantitative estimate of drug-likeness (QED) is 0.271. The second-order valence-electron chi connectivity index (χ2n) is 6.68. The molecule has 140 valence electrons. The Bertz CT molecular complexity index is 1150. The van der Waals surface area contributed by atoms with E-state index in [4.69, 9.17) is 16.7 Å². The summed E-state index contributed by atoms with van der Waals surface area (Å²) in [4.78, 5) is 0. The van der Waals surface area contributed by atoms with Crippen LogP contribution in [0.15, 0.2) is 81.7 Å². The molecular formula is C23H17Br2ClN2. The molecule has 0 fully saturated rings. The summed E-state index contributed by atoms with van der Waals surface area (Å²) < 4.78 is 4.00. The number of hydrogen-bond donors (Lipinski definition) is 0. The molecule has 0 unspecified atom stereocenters. The second-order valence-corrected chi connectivity index (χ2v) is 8.89. The van der Waals surface area contributed by atoms with Crippen molar-refractivity contribution in [3.63, 3.8) is 0 Å². The van der Waals surface area contributed by atoms with E-state index in [1.54, 1.807) is 0 Å². The van der Waals surface area contributed by atoms with Gasteiger partial charge in [-0.3, -0.25) is 4.68 Å². The normalized spacial score (nSPS) is 11.0. The Kier molecular flexibility index (Phi) is 5.72. The number of halogens is 3. The topological polar surface area (TPSA) is 17.8 Å². The van der Waals surface area contributed by atoms with Crippen molar-refractivity contribution < 1.29 is 0 Å². The van der Waals surface area contributed by atoms with Gasteiger partial charge in [-0.05, 0) is 36.8 Å². The molecule has 1 aromatic heterocycles. The van der Waals surface area contributed by atoms with Crippen molar-refractivity contribution in [2.45, 2.75) is 13.5 Å². The molecule has 0 bridgehead atoms. The Morgan fingerprint density at radius 3 is 2.18 bits per heavy atom. The van der Waals surface area contributed by atoms with E-state index in [0.717, 1.165) is 31.5 Å². The van der Waals surface area contributed by atoms with Crippen LogP contribution in [0.2, 0.25) is 5.02 Å². The van der Waals surface area contributed by atoms with E-state index in [-0.39, 0.29) is 0 Å². The largest absolute Gasteiger partial charge is 0.258 e. The molecule has 4 aromatic rings. The van der Waals surface area contributed by atoms with Gasteiger partial charge in [-0.1, -0.05) is 97.6 Å². The predicted molar refractivity (Wildman–Crippen MR) is 124 cm³/mol. The lowest BCUT2D eigenvalue weighted by molar-refractivity contribution is 0.696. The van der Waals surface area contributed by atoms with E-state index < -0.39 is 0 Å². The standard InChI is InChI=1S/C23H17Br2ClN2/c1-15-5-2-6-16(11-15)14-28-23(18-8-4-10-20(25)13-18)21(26)22(27-28)17-7-3-9-19(24)12-17/h2-13H,14H2,1H3. The fraction of sp³-hybridized carbons (Fsp3) is 0.0870. The maximum absolute atomic E-state index is 6.89. The van der Waals surface area contributed by atoms with Crippen LogP contribution in [0.1, 0.15) is 11.1 Å². The zero-order valence-electron chi connectivity index (χ0n) is 15.2. The molecular weight excluding hydrogens is 500 g/mol. The molecule has 0 radical (unpaired) electrons. The van der Waals surface area contributed by atoms with Crippen LogP contribution < -0.4 is 0 Å². The molecule has 0 saturated heterocycles. The van der Waals surface area contributed by atoms with Crippen molar-refractivity contribution >= 4 is 43.5 Å². The molecule has 0 aliphatic carbocycles. The first-order valence-electron chi connectivity index (χ1n) is 8.85. The van der Waals surface area contributed by atoms with E-state index in [1.807, 2.05) is 41.1 Å². The monoisotopic (exact) mass is 514 g/mol. The van der Waals surface area contributed by atoms with Crippen molar-refractivity contribution in [2.24, 2.45) is 0 Å². The number of hydrogen-bond acceptors (Lipinski definition) is 1. The molecule has 0 N–H and O–H groups in total. The average Bonchev–Trinajstić information content (AvgIpc) is 2.98. The van der Waals surface area contributed by atoms with Gasteiger partial charge in [-0.25, -0.2) is 0 Å². The molecule has 0 amide bonds. The van der Waals surface area contributed by atoms with Crippen molar-refractivity contribution in [1.29, 1.82) is 0 Å². The highest BCUT2D eigenvalue weighted by molar-refractivity contribution is 9.10. The van der Waals surface area contributed by atoms with Crippen LogP contribution in [-0.2, 0) is 6.54 Å². The zero-order valence-corrected chi connectivity index (χ0v) is 19.1. The van der Waals surface area contributed by atoms with Gasteiger partial charge in [0.05, 0.1) is 17.3 Å². The Morgan fingerprint density at radius 1 is 0.857 bits per heavy atom. The van der Waals surface area contributed by atoms with Gasteiger partial charge in [0.25, 0.3) is 0 Å². The first-order chi connectivity index (χ1) is 13.5. The third-order valence-electron chi connectivity index (χ3n) is 4.51. The molecule has 0 aliphatic rings. The number of benzene rings is 3. The minimum absolute atomic E-state index is 0.650. The van der Waals surface area contributed by atoms with Crippen molar-refractivity contribution in [3.8, 4) is 22.5 Å². The molecule has 0 atom stereocenters. The molecule has 0 aliphatic heterocycles. The summed E-state index contributed by atoms with van der Waals surface area (Å²) in [6, 6.07) is 24.7. The van der Waals surface area contributed by atoms with Crippen LogP contribution >= 0.6 is 43.5 Å². The highest BCUT2D eigenvalue weighted by Crippen LogP contribution is 2.38. The van der Waals surface area contributed by atoms with Gasteiger partial charge < -0.3 is 0 Å². The van der Waals surface area contributed by atoms with Gasteiger partial charge in [0, 0.05) is 20.1 Å². The summed E-state index contributed by atoms with van der Waals surface area (Å²) in [7, 11) is 0. The average molecular weight is 517 g/mol. The molecule has 2 nitrogen and oxygen atoms in total. The van der Waals surface area contributed by atoms with E-state index in [9.17, 15) is 0 Å². The van der Waals surface area contributed by atoms with E-state index in [1.165, 1.54) is 11.1 Å². The van der Waals surface area contributed by atoms with E-state index in [2.05, 4.69) is 75.2 Å². The summed E-state index contributed by atoms with van der Waals surface area (Å²) in [5, 5.41) is 5.56. The van der Waals surface area contributed by atoms with Gasteiger partial charge >= 0.3 is 0 Å².